The van der Waals surface area contributed by atoms with E-state index in [4.69, 9.17) is 9.26 Å². The average molecular weight is 406 g/mol. The molecule has 0 saturated heterocycles. The van der Waals surface area contributed by atoms with Crippen molar-refractivity contribution in [1.82, 2.24) is 20.4 Å². The number of aryl methyl sites for hydroxylation is 4. The van der Waals surface area contributed by atoms with Crippen LogP contribution in [0.5, 0.6) is 5.75 Å². The minimum atomic E-state index is -0.0143. The molecule has 7 nitrogen and oxygen atoms in total. The Kier molecular flexibility index (Phi) is 5.79. The zero-order chi connectivity index (χ0) is 21.1. The van der Waals surface area contributed by atoms with E-state index < -0.39 is 0 Å². The summed E-state index contributed by atoms with van der Waals surface area (Å²) in [6.45, 7) is 6.07. The van der Waals surface area contributed by atoms with Crippen LogP contribution in [0.15, 0.2) is 35.0 Å². The fourth-order valence-corrected chi connectivity index (χ4v) is 3.79. The smallest absolute Gasteiger partial charge is 0.224 e. The number of aromatic nitrogens is 3. The summed E-state index contributed by atoms with van der Waals surface area (Å²) in [6.07, 6.45) is 5.06. The maximum Gasteiger partial charge on any atom is 0.224 e. The average Bonchev–Trinajstić information content (AvgIpc) is 3.05. The Labute approximate surface area is 175 Å². The number of nitrogens with one attached hydrogen (secondary N) is 1. The molecule has 30 heavy (non-hydrogen) atoms. The normalized spacial score (nSPS) is 15.5. The van der Waals surface area contributed by atoms with E-state index in [0.717, 1.165) is 64.7 Å². The third kappa shape index (κ3) is 4.50. The van der Waals surface area contributed by atoms with Crippen molar-refractivity contribution in [3.8, 4) is 5.75 Å². The zero-order valence-corrected chi connectivity index (χ0v) is 17.6. The van der Waals surface area contributed by atoms with E-state index in [1.807, 2.05) is 51.2 Å². The van der Waals surface area contributed by atoms with Gasteiger partial charge in [0.25, 0.3) is 0 Å². The van der Waals surface area contributed by atoms with E-state index >= 15 is 0 Å². The van der Waals surface area contributed by atoms with E-state index in [1.54, 1.807) is 0 Å². The molecular formula is C23H26N4O3. The molecule has 1 N–H and O–H groups in total. The predicted octanol–water partition coefficient (Wildman–Crippen LogP) is 3.71. The molecule has 0 aliphatic heterocycles. The van der Waals surface area contributed by atoms with Gasteiger partial charge in [0.2, 0.25) is 5.91 Å². The van der Waals surface area contributed by atoms with Crippen LogP contribution in [0.1, 0.15) is 58.5 Å². The van der Waals surface area contributed by atoms with Gasteiger partial charge in [0.05, 0.1) is 23.7 Å². The SMILES string of the molecule is Cc1ncc2c(n1)CCCC2NC(=O)Cc1ccc(OCc2c(C)noc2C)cc1. The first-order chi connectivity index (χ1) is 14.5. The van der Waals surface area contributed by atoms with Gasteiger partial charge in [-0.25, -0.2) is 9.97 Å². The summed E-state index contributed by atoms with van der Waals surface area (Å²) in [7, 11) is 0. The van der Waals surface area contributed by atoms with Crippen LogP contribution >= 0.6 is 0 Å². The minimum Gasteiger partial charge on any atom is -0.489 e. The number of fused-ring (bicyclic) bond motifs is 1. The van der Waals surface area contributed by atoms with Crippen molar-refractivity contribution in [3.63, 3.8) is 0 Å². The van der Waals surface area contributed by atoms with Crippen LogP contribution < -0.4 is 10.1 Å². The largest absolute Gasteiger partial charge is 0.489 e. The molecule has 156 valence electrons. The van der Waals surface area contributed by atoms with Crippen LogP contribution in [0.25, 0.3) is 0 Å². The number of amides is 1. The van der Waals surface area contributed by atoms with Crippen LogP contribution in [0, 0.1) is 20.8 Å². The van der Waals surface area contributed by atoms with Crippen molar-refractivity contribution in [2.45, 2.75) is 59.1 Å². The van der Waals surface area contributed by atoms with Gasteiger partial charge in [0.1, 0.15) is 23.9 Å². The summed E-state index contributed by atoms with van der Waals surface area (Å²) in [5.41, 5.74) is 4.84. The lowest BCUT2D eigenvalue weighted by atomic mass is 9.92. The topological polar surface area (TPSA) is 90.1 Å². The Bertz CT molecular complexity index is 1020. The Morgan fingerprint density at radius 2 is 2.03 bits per heavy atom. The van der Waals surface area contributed by atoms with Gasteiger partial charge in [-0.3, -0.25) is 4.79 Å². The summed E-state index contributed by atoms with van der Waals surface area (Å²) in [4.78, 5) is 21.4. The van der Waals surface area contributed by atoms with Crippen molar-refractivity contribution in [2.24, 2.45) is 0 Å². The first-order valence-electron chi connectivity index (χ1n) is 10.2. The van der Waals surface area contributed by atoms with Crippen molar-refractivity contribution in [3.05, 3.63) is 70.1 Å². The fraction of sp³-hybridized carbons (Fsp3) is 0.391. The predicted molar refractivity (Wildman–Crippen MR) is 111 cm³/mol. The van der Waals surface area contributed by atoms with Crippen molar-refractivity contribution in [1.29, 1.82) is 0 Å². The summed E-state index contributed by atoms with van der Waals surface area (Å²) in [6, 6.07) is 7.59. The Morgan fingerprint density at radius 1 is 1.23 bits per heavy atom. The summed E-state index contributed by atoms with van der Waals surface area (Å²) >= 11 is 0. The molecule has 0 radical (unpaired) electrons. The lowest BCUT2D eigenvalue weighted by molar-refractivity contribution is -0.121. The number of carbonyl (C=O) groups excluding carboxylic acids is 1. The van der Waals surface area contributed by atoms with Gasteiger partial charge < -0.3 is 14.6 Å². The first kappa shape index (κ1) is 20.1. The molecule has 1 amide bonds. The van der Waals surface area contributed by atoms with E-state index in [1.165, 1.54) is 0 Å². The van der Waals surface area contributed by atoms with Crippen molar-refractivity contribution >= 4 is 5.91 Å². The lowest BCUT2D eigenvalue weighted by Crippen LogP contribution is -2.32. The minimum absolute atomic E-state index is 0.00202. The highest BCUT2D eigenvalue weighted by atomic mass is 16.5. The van der Waals surface area contributed by atoms with Crippen LogP contribution in [0.4, 0.5) is 0 Å². The maximum atomic E-state index is 12.6. The molecule has 0 bridgehead atoms. The van der Waals surface area contributed by atoms with Crippen LogP contribution in [0.2, 0.25) is 0 Å². The van der Waals surface area contributed by atoms with Crippen LogP contribution in [0.3, 0.4) is 0 Å². The van der Waals surface area contributed by atoms with Gasteiger partial charge in [-0.15, -0.1) is 0 Å². The summed E-state index contributed by atoms with van der Waals surface area (Å²) < 4.78 is 11.0. The number of carbonyl (C=O) groups is 1. The highest BCUT2D eigenvalue weighted by molar-refractivity contribution is 5.79. The fourth-order valence-electron chi connectivity index (χ4n) is 3.79. The number of rotatable bonds is 6. The van der Waals surface area contributed by atoms with Crippen LogP contribution in [-0.2, 0) is 24.2 Å². The Balaban J connectivity index is 1.33. The van der Waals surface area contributed by atoms with Gasteiger partial charge in [-0.1, -0.05) is 17.3 Å². The molecule has 4 rings (SSSR count). The van der Waals surface area contributed by atoms with Crippen molar-refractivity contribution < 1.29 is 14.1 Å². The third-order valence-corrected chi connectivity index (χ3v) is 5.49. The van der Waals surface area contributed by atoms with Gasteiger partial charge in [0.15, 0.2) is 0 Å². The second kappa shape index (κ2) is 8.65. The molecule has 0 spiro atoms. The number of ether oxygens (including phenoxy) is 1. The molecule has 1 aromatic carbocycles. The molecule has 2 heterocycles. The number of hydrogen-bond donors (Lipinski definition) is 1. The molecule has 7 heteroatoms. The van der Waals surface area contributed by atoms with E-state index in [0.29, 0.717) is 13.0 Å². The van der Waals surface area contributed by atoms with E-state index in [2.05, 4.69) is 20.4 Å². The molecule has 1 atom stereocenters. The zero-order valence-electron chi connectivity index (χ0n) is 17.6. The second-order valence-electron chi connectivity index (χ2n) is 7.74. The maximum absolute atomic E-state index is 12.6. The standard InChI is InChI=1S/C23H26N4O3/c1-14-20(15(2)30-27-14)13-29-18-9-7-17(8-10-18)11-23(28)26-22-6-4-5-21-19(22)12-24-16(3)25-21/h7-10,12,22H,4-6,11,13H2,1-3H3,(H,26,28). The highest BCUT2D eigenvalue weighted by Crippen LogP contribution is 2.28. The quantitative estimate of drug-likeness (QED) is 0.671. The molecule has 1 aliphatic rings. The van der Waals surface area contributed by atoms with Crippen molar-refractivity contribution in [2.75, 3.05) is 0 Å². The molecule has 1 aliphatic carbocycles. The molecular weight excluding hydrogens is 380 g/mol. The summed E-state index contributed by atoms with van der Waals surface area (Å²) in [5, 5.41) is 7.08. The Morgan fingerprint density at radius 3 is 2.77 bits per heavy atom. The number of benzene rings is 1. The molecule has 3 aromatic rings. The van der Waals surface area contributed by atoms with Gasteiger partial charge >= 0.3 is 0 Å². The molecule has 0 saturated carbocycles. The molecule has 2 aromatic heterocycles. The third-order valence-electron chi connectivity index (χ3n) is 5.49. The monoisotopic (exact) mass is 406 g/mol. The van der Waals surface area contributed by atoms with Crippen LogP contribution in [-0.4, -0.2) is 21.0 Å². The van der Waals surface area contributed by atoms with E-state index in [9.17, 15) is 4.79 Å². The second-order valence-corrected chi connectivity index (χ2v) is 7.74. The van der Waals surface area contributed by atoms with Gasteiger partial charge in [0, 0.05) is 17.5 Å². The molecule has 1 unspecified atom stereocenters. The number of nitrogens with zero attached hydrogens (tertiary/aromatic N) is 3. The Hall–Kier alpha value is -3.22. The molecule has 0 fully saturated rings. The lowest BCUT2D eigenvalue weighted by Gasteiger charge is -2.25. The van der Waals surface area contributed by atoms with Gasteiger partial charge in [-0.2, -0.15) is 0 Å². The van der Waals surface area contributed by atoms with Gasteiger partial charge in [-0.05, 0) is 57.7 Å². The first-order valence-corrected chi connectivity index (χ1v) is 10.2. The van der Waals surface area contributed by atoms with E-state index in [-0.39, 0.29) is 11.9 Å². The number of hydrogen-bond acceptors (Lipinski definition) is 6. The highest BCUT2D eigenvalue weighted by Gasteiger charge is 2.23. The summed E-state index contributed by atoms with van der Waals surface area (Å²) in [5.74, 6) is 2.29.